The average Bonchev–Trinajstić information content (AvgIpc) is 2.48. The molecule has 0 spiro atoms. The van der Waals surface area contributed by atoms with Gasteiger partial charge in [-0.1, -0.05) is 25.6 Å². The molecular weight excluding hydrogens is 268 g/mol. The SMILES string of the molecule is CCC1CCN(CCOc2ccc(C(N)=S)cc2)CC1. The van der Waals surface area contributed by atoms with Crippen molar-refractivity contribution in [3.8, 4) is 5.75 Å². The second kappa shape index (κ2) is 7.60. The molecule has 0 saturated carbocycles. The summed E-state index contributed by atoms with van der Waals surface area (Å²) in [5.74, 6) is 1.81. The smallest absolute Gasteiger partial charge is 0.119 e. The number of nitrogens with two attached hydrogens (primary N) is 1. The van der Waals surface area contributed by atoms with Crippen LogP contribution in [0.15, 0.2) is 24.3 Å². The molecule has 4 heteroatoms. The first-order valence-electron chi connectivity index (χ1n) is 7.44. The number of rotatable bonds is 6. The lowest BCUT2D eigenvalue weighted by Crippen LogP contribution is -2.36. The molecule has 1 aromatic rings. The van der Waals surface area contributed by atoms with Gasteiger partial charge in [0.1, 0.15) is 17.3 Å². The van der Waals surface area contributed by atoms with E-state index in [1.54, 1.807) is 0 Å². The number of thiocarbonyl (C=S) groups is 1. The summed E-state index contributed by atoms with van der Waals surface area (Å²) in [6.07, 6.45) is 3.98. The van der Waals surface area contributed by atoms with Crippen LogP contribution in [0, 0.1) is 5.92 Å². The van der Waals surface area contributed by atoms with E-state index in [0.717, 1.165) is 30.4 Å². The minimum Gasteiger partial charge on any atom is -0.492 e. The van der Waals surface area contributed by atoms with E-state index in [1.165, 1.54) is 32.4 Å². The van der Waals surface area contributed by atoms with Crippen LogP contribution in [-0.4, -0.2) is 36.1 Å². The average molecular weight is 292 g/mol. The summed E-state index contributed by atoms with van der Waals surface area (Å²) in [5.41, 5.74) is 6.45. The van der Waals surface area contributed by atoms with Crippen molar-refractivity contribution >= 4 is 17.2 Å². The Balaban J connectivity index is 1.69. The quantitative estimate of drug-likeness (QED) is 0.818. The van der Waals surface area contributed by atoms with Gasteiger partial charge in [-0.15, -0.1) is 0 Å². The third-order valence-electron chi connectivity index (χ3n) is 4.10. The summed E-state index contributed by atoms with van der Waals surface area (Å²) in [5, 5.41) is 0. The van der Waals surface area contributed by atoms with E-state index in [2.05, 4.69) is 11.8 Å². The van der Waals surface area contributed by atoms with Crippen LogP contribution in [0.2, 0.25) is 0 Å². The predicted molar refractivity (Wildman–Crippen MR) is 87.3 cm³/mol. The molecule has 1 aliphatic heterocycles. The lowest BCUT2D eigenvalue weighted by atomic mass is 9.94. The minimum atomic E-state index is 0.426. The maximum Gasteiger partial charge on any atom is 0.119 e. The van der Waals surface area contributed by atoms with Crippen LogP contribution in [0.4, 0.5) is 0 Å². The fourth-order valence-electron chi connectivity index (χ4n) is 2.63. The molecule has 1 fully saturated rings. The zero-order valence-corrected chi connectivity index (χ0v) is 13.0. The molecule has 0 unspecified atom stereocenters. The summed E-state index contributed by atoms with van der Waals surface area (Å²) in [6.45, 7) is 6.46. The molecule has 0 aromatic heterocycles. The number of hydrogen-bond donors (Lipinski definition) is 1. The highest BCUT2D eigenvalue weighted by Crippen LogP contribution is 2.19. The standard InChI is InChI=1S/C16H24N2OS/c1-2-13-7-9-18(10-8-13)11-12-19-15-5-3-14(4-6-15)16(17)20/h3-6,13H,2,7-12H2,1H3,(H2,17,20). The zero-order chi connectivity index (χ0) is 14.4. The molecule has 1 saturated heterocycles. The molecule has 0 atom stereocenters. The van der Waals surface area contributed by atoms with Crippen molar-refractivity contribution in [1.82, 2.24) is 4.90 Å². The molecule has 1 aromatic carbocycles. The van der Waals surface area contributed by atoms with Crippen LogP contribution in [0.1, 0.15) is 31.7 Å². The Bertz CT molecular complexity index is 425. The third-order valence-corrected chi connectivity index (χ3v) is 4.34. The molecule has 0 bridgehead atoms. The van der Waals surface area contributed by atoms with Crippen LogP contribution in [0.25, 0.3) is 0 Å². The van der Waals surface area contributed by atoms with Gasteiger partial charge >= 0.3 is 0 Å². The molecule has 0 aliphatic carbocycles. The first kappa shape index (κ1) is 15.3. The Morgan fingerprint density at radius 2 is 1.95 bits per heavy atom. The maximum absolute atomic E-state index is 5.77. The van der Waals surface area contributed by atoms with Crippen LogP contribution >= 0.6 is 12.2 Å². The lowest BCUT2D eigenvalue weighted by Gasteiger charge is -2.31. The van der Waals surface area contributed by atoms with E-state index >= 15 is 0 Å². The first-order chi connectivity index (χ1) is 9.69. The Hall–Kier alpha value is -1.13. The molecule has 1 aliphatic rings. The van der Waals surface area contributed by atoms with Gasteiger partial charge in [0.2, 0.25) is 0 Å². The van der Waals surface area contributed by atoms with Crippen molar-refractivity contribution in [2.45, 2.75) is 26.2 Å². The van der Waals surface area contributed by atoms with Gasteiger partial charge in [-0.2, -0.15) is 0 Å². The predicted octanol–water partition coefficient (Wildman–Crippen LogP) is 2.82. The fourth-order valence-corrected chi connectivity index (χ4v) is 2.76. The van der Waals surface area contributed by atoms with Crippen molar-refractivity contribution in [3.05, 3.63) is 29.8 Å². The summed E-state index contributed by atoms with van der Waals surface area (Å²) in [7, 11) is 0. The van der Waals surface area contributed by atoms with Gasteiger partial charge in [0, 0.05) is 12.1 Å². The summed E-state index contributed by atoms with van der Waals surface area (Å²) in [6, 6.07) is 7.67. The van der Waals surface area contributed by atoms with Crippen LogP contribution < -0.4 is 10.5 Å². The monoisotopic (exact) mass is 292 g/mol. The van der Waals surface area contributed by atoms with Crippen molar-refractivity contribution in [2.75, 3.05) is 26.2 Å². The molecular formula is C16H24N2OS. The van der Waals surface area contributed by atoms with Gasteiger partial charge < -0.3 is 10.5 Å². The second-order valence-electron chi connectivity index (χ2n) is 5.43. The maximum atomic E-state index is 5.77. The van der Waals surface area contributed by atoms with Crippen molar-refractivity contribution in [3.63, 3.8) is 0 Å². The van der Waals surface area contributed by atoms with Crippen LogP contribution in [-0.2, 0) is 0 Å². The van der Waals surface area contributed by atoms with E-state index in [0.29, 0.717) is 4.99 Å². The molecule has 3 nitrogen and oxygen atoms in total. The molecule has 0 amide bonds. The lowest BCUT2D eigenvalue weighted by molar-refractivity contribution is 0.153. The topological polar surface area (TPSA) is 38.5 Å². The molecule has 0 radical (unpaired) electrons. The van der Waals surface area contributed by atoms with Crippen molar-refractivity contribution in [2.24, 2.45) is 11.7 Å². The number of piperidine rings is 1. The minimum absolute atomic E-state index is 0.426. The fraction of sp³-hybridized carbons (Fsp3) is 0.562. The van der Waals surface area contributed by atoms with Gasteiger partial charge in [-0.25, -0.2) is 0 Å². The van der Waals surface area contributed by atoms with Gasteiger partial charge in [-0.3, -0.25) is 4.90 Å². The van der Waals surface area contributed by atoms with E-state index in [1.807, 2.05) is 24.3 Å². The summed E-state index contributed by atoms with van der Waals surface area (Å²) >= 11 is 4.93. The van der Waals surface area contributed by atoms with E-state index < -0.39 is 0 Å². The zero-order valence-electron chi connectivity index (χ0n) is 12.2. The van der Waals surface area contributed by atoms with Gasteiger partial charge in [0.05, 0.1) is 0 Å². The Labute approximate surface area is 127 Å². The van der Waals surface area contributed by atoms with Gasteiger partial charge in [-0.05, 0) is 56.1 Å². The Morgan fingerprint density at radius 1 is 1.30 bits per heavy atom. The molecule has 110 valence electrons. The second-order valence-corrected chi connectivity index (χ2v) is 5.87. The van der Waals surface area contributed by atoms with Gasteiger partial charge in [0.15, 0.2) is 0 Å². The largest absolute Gasteiger partial charge is 0.492 e. The van der Waals surface area contributed by atoms with E-state index in [-0.39, 0.29) is 0 Å². The highest BCUT2D eigenvalue weighted by Gasteiger charge is 2.17. The Morgan fingerprint density at radius 3 is 2.50 bits per heavy atom. The molecule has 1 heterocycles. The number of likely N-dealkylation sites (tertiary alicyclic amines) is 1. The van der Waals surface area contributed by atoms with Crippen molar-refractivity contribution in [1.29, 1.82) is 0 Å². The van der Waals surface area contributed by atoms with Crippen LogP contribution in [0.3, 0.4) is 0 Å². The normalized spacial score (nSPS) is 17.1. The highest BCUT2D eigenvalue weighted by atomic mass is 32.1. The van der Waals surface area contributed by atoms with Crippen LogP contribution in [0.5, 0.6) is 5.75 Å². The van der Waals surface area contributed by atoms with E-state index in [4.69, 9.17) is 22.7 Å². The first-order valence-corrected chi connectivity index (χ1v) is 7.85. The van der Waals surface area contributed by atoms with Crippen molar-refractivity contribution < 1.29 is 4.74 Å². The number of benzene rings is 1. The highest BCUT2D eigenvalue weighted by molar-refractivity contribution is 7.80. The van der Waals surface area contributed by atoms with E-state index in [9.17, 15) is 0 Å². The molecule has 2 N–H and O–H groups in total. The third kappa shape index (κ3) is 4.46. The Kier molecular flexibility index (Phi) is 5.80. The molecule has 2 rings (SSSR count). The molecule has 20 heavy (non-hydrogen) atoms. The summed E-state index contributed by atoms with van der Waals surface area (Å²) in [4.78, 5) is 2.92. The number of hydrogen-bond acceptors (Lipinski definition) is 3. The number of nitrogens with zero attached hydrogens (tertiary/aromatic N) is 1. The summed E-state index contributed by atoms with van der Waals surface area (Å²) < 4.78 is 5.77. The van der Waals surface area contributed by atoms with Gasteiger partial charge in [0.25, 0.3) is 0 Å². The number of ether oxygens (including phenoxy) is 1.